The van der Waals surface area contributed by atoms with Gasteiger partial charge in [0.15, 0.2) is 0 Å². The predicted molar refractivity (Wildman–Crippen MR) is 77.1 cm³/mol. The van der Waals surface area contributed by atoms with Gasteiger partial charge in [0.1, 0.15) is 0 Å². The zero-order chi connectivity index (χ0) is 13.7. The van der Waals surface area contributed by atoms with Gasteiger partial charge in [-0.3, -0.25) is 4.68 Å². The second kappa shape index (κ2) is 7.06. The van der Waals surface area contributed by atoms with E-state index in [1.165, 1.54) is 18.4 Å². The minimum absolute atomic E-state index is 0.422. The number of rotatable bonds is 7. The van der Waals surface area contributed by atoms with Crippen LogP contribution in [0, 0.1) is 5.92 Å². The molecule has 0 saturated carbocycles. The van der Waals surface area contributed by atoms with Crippen molar-refractivity contribution < 1.29 is 4.74 Å². The second-order valence-corrected chi connectivity index (χ2v) is 5.56. The number of hydrogen-bond acceptors (Lipinski definition) is 3. The highest BCUT2D eigenvalue weighted by Gasteiger charge is 2.33. The van der Waals surface area contributed by atoms with Gasteiger partial charge < -0.3 is 10.1 Å². The van der Waals surface area contributed by atoms with E-state index in [-0.39, 0.29) is 0 Å². The molecule has 108 valence electrons. The van der Waals surface area contributed by atoms with Crippen LogP contribution in [0.2, 0.25) is 0 Å². The predicted octanol–water partition coefficient (Wildman–Crippen LogP) is 2.15. The van der Waals surface area contributed by atoms with Crippen LogP contribution < -0.4 is 5.32 Å². The fourth-order valence-corrected chi connectivity index (χ4v) is 3.08. The van der Waals surface area contributed by atoms with Crippen molar-refractivity contribution in [2.45, 2.75) is 51.7 Å². The van der Waals surface area contributed by atoms with Crippen LogP contribution in [-0.4, -0.2) is 35.1 Å². The van der Waals surface area contributed by atoms with E-state index in [4.69, 9.17) is 4.74 Å². The number of hydrogen-bond donors (Lipinski definition) is 1. The SMILES string of the molecule is CCCNC(Cc1cnn(C)c1)C1CCOC1CC. The summed E-state index contributed by atoms with van der Waals surface area (Å²) in [5.41, 5.74) is 1.32. The van der Waals surface area contributed by atoms with Crippen molar-refractivity contribution in [3.8, 4) is 0 Å². The third-order valence-corrected chi connectivity index (χ3v) is 4.05. The van der Waals surface area contributed by atoms with Gasteiger partial charge >= 0.3 is 0 Å². The molecule has 0 radical (unpaired) electrons. The Hall–Kier alpha value is -0.870. The number of nitrogens with one attached hydrogen (secondary N) is 1. The molecule has 1 aromatic rings. The van der Waals surface area contributed by atoms with Crippen LogP contribution in [0.1, 0.15) is 38.7 Å². The standard InChI is InChI=1S/C15H27N3O/c1-4-7-16-14(9-12-10-17-18(3)11-12)13-6-8-19-15(13)5-2/h10-11,13-16H,4-9H2,1-3H3. The number of nitrogens with zero attached hydrogens (tertiary/aromatic N) is 2. The Labute approximate surface area is 116 Å². The maximum absolute atomic E-state index is 5.86. The lowest BCUT2D eigenvalue weighted by molar-refractivity contribution is 0.0774. The monoisotopic (exact) mass is 265 g/mol. The molecule has 0 aliphatic carbocycles. The average molecular weight is 265 g/mol. The van der Waals surface area contributed by atoms with Crippen molar-refractivity contribution >= 4 is 0 Å². The zero-order valence-corrected chi connectivity index (χ0v) is 12.4. The molecule has 1 saturated heterocycles. The van der Waals surface area contributed by atoms with Gasteiger partial charge in [-0.2, -0.15) is 5.10 Å². The van der Waals surface area contributed by atoms with Gasteiger partial charge in [0.2, 0.25) is 0 Å². The lowest BCUT2D eigenvalue weighted by Gasteiger charge is -2.28. The largest absolute Gasteiger partial charge is 0.378 e. The Morgan fingerprint density at radius 2 is 2.37 bits per heavy atom. The van der Waals surface area contributed by atoms with E-state index in [0.717, 1.165) is 26.0 Å². The Balaban J connectivity index is 2.02. The van der Waals surface area contributed by atoms with E-state index in [1.54, 1.807) is 0 Å². The molecule has 2 rings (SSSR count). The van der Waals surface area contributed by atoms with Crippen LogP contribution in [0.25, 0.3) is 0 Å². The molecule has 19 heavy (non-hydrogen) atoms. The van der Waals surface area contributed by atoms with Crippen molar-refractivity contribution in [3.05, 3.63) is 18.0 Å². The molecule has 0 bridgehead atoms. The maximum atomic E-state index is 5.86. The first-order chi connectivity index (χ1) is 9.24. The Morgan fingerprint density at radius 3 is 3.00 bits per heavy atom. The summed E-state index contributed by atoms with van der Waals surface area (Å²) in [5.74, 6) is 0.636. The fourth-order valence-electron chi connectivity index (χ4n) is 3.08. The third-order valence-electron chi connectivity index (χ3n) is 4.05. The summed E-state index contributed by atoms with van der Waals surface area (Å²) < 4.78 is 7.74. The molecule has 2 heterocycles. The summed E-state index contributed by atoms with van der Waals surface area (Å²) in [7, 11) is 1.98. The molecule has 0 aromatic carbocycles. The zero-order valence-electron chi connectivity index (χ0n) is 12.4. The van der Waals surface area contributed by atoms with Crippen LogP contribution >= 0.6 is 0 Å². The van der Waals surface area contributed by atoms with Crippen molar-refractivity contribution in [3.63, 3.8) is 0 Å². The molecule has 3 atom stereocenters. The van der Waals surface area contributed by atoms with Gasteiger partial charge in [-0.05, 0) is 37.8 Å². The highest BCUT2D eigenvalue weighted by atomic mass is 16.5. The van der Waals surface area contributed by atoms with Crippen molar-refractivity contribution in [1.29, 1.82) is 0 Å². The maximum Gasteiger partial charge on any atom is 0.0616 e. The first-order valence-electron chi connectivity index (χ1n) is 7.57. The molecular formula is C15H27N3O. The van der Waals surface area contributed by atoms with Crippen molar-refractivity contribution in [1.82, 2.24) is 15.1 Å². The second-order valence-electron chi connectivity index (χ2n) is 5.56. The Morgan fingerprint density at radius 1 is 1.53 bits per heavy atom. The third kappa shape index (κ3) is 3.80. The smallest absolute Gasteiger partial charge is 0.0616 e. The molecule has 1 N–H and O–H groups in total. The van der Waals surface area contributed by atoms with Crippen LogP contribution in [0.3, 0.4) is 0 Å². The molecule has 1 aromatic heterocycles. The molecule has 1 fully saturated rings. The summed E-state index contributed by atoms with van der Waals surface area (Å²) in [6.45, 7) is 6.44. The van der Waals surface area contributed by atoms with Gasteiger partial charge in [0, 0.05) is 31.8 Å². The number of ether oxygens (including phenoxy) is 1. The minimum Gasteiger partial charge on any atom is -0.378 e. The Kier molecular flexibility index (Phi) is 5.40. The molecule has 3 unspecified atom stereocenters. The normalized spacial score (nSPS) is 24.8. The molecule has 1 aliphatic heterocycles. The van der Waals surface area contributed by atoms with Gasteiger partial charge in [0.05, 0.1) is 12.3 Å². The first kappa shape index (κ1) is 14.5. The van der Waals surface area contributed by atoms with E-state index in [9.17, 15) is 0 Å². The number of aryl methyl sites for hydroxylation is 1. The highest BCUT2D eigenvalue weighted by molar-refractivity contribution is 5.07. The van der Waals surface area contributed by atoms with E-state index in [0.29, 0.717) is 18.1 Å². The fraction of sp³-hybridized carbons (Fsp3) is 0.800. The summed E-state index contributed by atoms with van der Waals surface area (Å²) in [6, 6.07) is 0.511. The first-order valence-corrected chi connectivity index (χ1v) is 7.57. The quantitative estimate of drug-likeness (QED) is 0.821. The van der Waals surface area contributed by atoms with Crippen molar-refractivity contribution in [2.24, 2.45) is 13.0 Å². The van der Waals surface area contributed by atoms with Gasteiger partial charge in [-0.15, -0.1) is 0 Å². The topological polar surface area (TPSA) is 39.1 Å². The van der Waals surface area contributed by atoms with E-state index < -0.39 is 0 Å². The van der Waals surface area contributed by atoms with E-state index in [1.807, 2.05) is 17.9 Å². The van der Waals surface area contributed by atoms with Crippen LogP contribution in [-0.2, 0) is 18.2 Å². The highest BCUT2D eigenvalue weighted by Crippen LogP contribution is 2.28. The van der Waals surface area contributed by atoms with Crippen molar-refractivity contribution in [2.75, 3.05) is 13.2 Å². The van der Waals surface area contributed by atoms with Gasteiger partial charge in [0.25, 0.3) is 0 Å². The Bertz CT molecular complexity index is 377. The van der Waals surface area contributed by atoms with E-state index in [2.05, 4.69) is 30.5 Å². The van der Waals surface area contributed by atoms with E-state index >= 15 is 0 Å². The van der Waals surface area contributed by atoms with Crippen LogP contribution in [0.4, 0.5) is 0 Å². The average Bonchev–Trinajstić information content (AvgIpc) is 3.03. The summed E-state index contributed by atoms with van der Waals surface area (Å²) in [6.07, 6.45) is 9.05. The lowest BCUT2D eigenvalue weighted by Crippen LogP contribution is -2.41. The molecular weight excluding hydrogens is 238 g/mol. The summed E-state index contributed by atoms with van der Waals surface area (Å²) >= 11 is 0. The molecule has 4 heteroatoms. The minimum atomic E-state index is 0.422. The summed E-state index contributed by atoms with van der Waals surface area (Å²) in [4.78, 5) is 0. The van der Waals surface area contributed by atoms with Crippen LogP contribution in [0.15, 0.2) is 12.4 Å². The summed E-state index contributed by atoms with van der Waals surface area (Å²) in [5, 5.41) is 7.99. The van der Waals surface area contributed by atoms with Crippen LogP contribution in [0.5, 0.6) is 0 Å². The number of aromatic nitrogens is 2. The molecule has 1 aliphatic rings. The molecule has 0 amide bonds. The molecule has 4 nitrogen and oxygen atoms in total. The van der Waals surface area contributed by atoms with Gasteiger partial charge in [-0.1, -0.05) is 13.8 Å². The van der Waals surface area contributed by atoms with Gasteiger partial charge in [-0.25, -0.2) is 0 Å². The molecule has 0 spiro atoms. The lowest BCUT2D eigenvalue weighted by atomic mass is 9.88.